The van der Waals surface area contributed by atoms with Crippen LogP contribution in [0, 0.1) is 5.92 Å². The molecule has 0 aromatic rings. The number of rotatable bonds is 4. The van der Waals surface area contributed by atoms with E-state index in [2.05, 4.69) is 10.6 Å². The van der Waals surface area contributed by atoms with Crippen molar-refractivity contribution in [2.75, 3.05) is 26.3 Å². The monoisotopic (exact) mass is 212 g/mol. The molecule has 2 unspecified atom stereocenters. The first-order valence-electron chi connectivity index (χ1n) is 5.92. The summed E-state index contributed by atoms with van der Waals surface area (Å²) in [5.74, 6) is 0.813. The summed E-state index contributed by atoms with van der Waals surface area (Å²) >= 11 is 0. The van der Waals surface area contributed by atoms with Gasteiger partial charge in [-0.1, -0.05) is 0 Å². The SMILES string of the molecule is O=C(CCC1CCOC1)NC1CCNC1. The highest BCUT2D eigenvalue weighted by Gasteiger charge is 2.19. The lowest BCUT2D eigenvalue weighted by molar-refractivity contribution is -0.122. The summed E-state index contributed by atoms with van der Waals surface area (Å²) in [7, 11) is 0. The van der Waals surface area contributed by atoms with Gasteiger partial charge in [-0.3, -0.25) is 4.79 Å². The lowest BCUT2D eigenvalue weighted by Gasteiger charge is -2.12. The minimum absolute atomic E-state index is 0.204. The van der Waals surface area contributed by atoms with Crippen molar-refractivity contribution in [1.29, 1.82) is 0 Å². The Morgan fingerprint density at radius 2 is 2.40 bits per heavy atom. The lowest BCUT2D eigenvalue weighted by atomic mass is 10.0. The fourth-order valence-electron chi connectivity index (χ4n) is 2.22. The highest BCUT2D eigenvalue weighted by atomic mass is 16.5. The molecule has 0 saturated carbocycles. The predicted octanol–water partition coefficient (Wildman–Crippen LogP) is 0.281. The Morgan fingerprint density at radius 3 is 3.07 bits per heavy atom. The fraction of sp³-hybridized carbons (Fsp3) is 0.909. The molecule has 0 bridgehead atoms. The quantitative estimate of drug-likeness (QED) is 0.704. The van der Waals surface area contributed by atoms with Gasteiger partial charge in [0.25, 0.3) is 0 Å². The first-order chi connectivity index (χ1) is 7.34. The smallest absolute Gasteiger partial charge is 0.220 e. The minimum Gasteiger partial charge on any atom is -0.381 e. The van der Waals surface area contributed by atoms with Gasteiger partial charge in [-0.05, 0) is 31.7 Å². The Labute approximate surface area is 90.8 Å². The summed E-state index contributed by atoms with van der Waals surface area (Å²) in [5, 5.41) is 6.30. The van der Waals surface area contributed by atoms with Crippen LogP contribution >= 0.6 is 0 Å². The maximum atomic E-state index is 11.6. The number of carbonyl (C=O) groups excluding carboxylic acids is 1. The number of carbonyl (C=O) groups is 1. The molecule has 86 valence electrons. The van der Waals surface area contributed by atoms with E-state index in [0.29, 0.717) is 18.4 Å². The highest BCUT2D eigenvalue weighted by molar-refractivity contribution is 5.76. The average molecular weight is 212 g/mol. The van der Waals surface area contributed by atoms with E-state index >= 15 is 0 Å². The van der Waals surface area contributed by atoms with Gasteiger partial charge < -0.3 is 15.4 Å². The molecular weight excluding hydrogens is 192 g/mol. The summed E-state index contributed by atoms with van der Waals surface area (Å²) in [6.07, 6.45) is 3.83. The zero-order valence-corrected chi connectivity index (χ0v) is 9.13. The molecule has 2 saturated heterocycles. The molecule has 0 aliphatic carbocycles. The average Bonchev–Trinajstić information content (AvgIpc) is 2.86. The van der Waals surface area contributed by atoms with Crippen molar-refractivity contribution in [3.05, 3.63) is 0 Å². The molecule has 0 radical (unpaired) electrons. The van der Waals surface area contributed by atoms with Gasteiger partial charge in [0.2, 0.25) is 5.91 Å². The zero-order valence-electron chi connectivity index (χ0n) is 9.13. The maximum absolute atomic E-state index is 11.6. The third-order valence-electron chi connectivity index (χ3n) is 3.23. The van der Waals surface area contributed by atoms with E-state index < -0.39 is 0 Å². The van der Waals surface area contributed by atoms with Gasteiger partial charge in [-0.2, -0.15) is 0 Å². The van der Waals surface area contributed by atoms with E-state index in [1.54, 1.807) is 0 Å². The van der Waals surface area contributed by atoms with E-state index in [1.807, 2.05) is 0 Å². The van der Waals surface area contributed by atoms with Crippen LogP contribution in [-0.4, -0.2) is 38.3 Å². The third kappa shape index (κ3) is 3.47. The van der Waals surface area contributed by atoms with Gasteiger partial charge >= 0.3 is 0 Å². The van der Waals surface area contributed by atoms with Crippen LogP contribution in [-0.2, 0) is 9.53 Å². The van der Waals surface area contributed by atoms with E-state index in [9.17, 15) is 4.79 Å². The zero-order chi connectivity index (χ0) is 10.5. The molecule has 2 fully saturated rings. The van der Waals surface area contributed by atoms with Crippen LogP contribution < -0.4 is 10.6 Å². The van der Waals surface area contributed by atoms with Gasteiger partial charge in [0.15, 0.2) is 0 Å². The largest absolute Gasteiger partial charge is 0.381 e. The molecule has 15 heavy (non-hydrogen) atoms. The molecule has 0 aromatic heterocycles. The molecular formula is C11H20N2O2. The van der Waals surface area contributed by atoms with E-state index in [-0.39, 0.29) is 5.91 Å². The minimum atomic E-state index is 0.204. The highest BCUT2D eigenvalue weighted by Crippen LogP contribution is 2.17. The number of hydrogen-bond acceptors (Lipinski definition) is 3. The number of hydrogen-bond donors (Lipinski definition) is 2. The van der Waals surface area contributed by atoms with E-state index in [1.165, 1.54) is 0 Å². The normalized spacial score (nSPS) is 30.7. The van der Waals surface area contributed by atoms with Crippen molar-refractivity contribution < 1.29 is 9.53 Å². The predicted molar refractivity (Wildman–Crippen MR) is 57.6 cm³/mol. The van der Waals surface area contributed by atoms with Gasteiger partial charge in [-0.25, -0.2) is 0 Å². The van der Waals surface area contributed by atoms with E-state index in [0.717, 1.165) is 45.6 Å². The molecule has 1 amide bonds. The molecule has 2 heterocycles. The second kappa shape index (κ2) is 5.47. The number of amides is 1. The topological polar surface area (TPSA) is 50.4 Å². The lowest BCUT2D eigenvalue weighted by Crippen LogP contribution is -2.36. The van der Waals surface area contributed by atoms with Gasteiger partial charge in [-0.15, -0.1) is 0 Å². The third-order valence-corrected chi connectivity index (χ3v) is 3.23. The van der Waals surface area contributed by atoms with Crippen LogP contribution in [0.5, 0.6) is 0 Å². The fourth-order valence-corrected chi connectivity index (χ4v) is 2.22. The van der Waals surface area contributed by atoms with Crippen LogP contribution in [0.1, 0.15) is 25.7 Å². The summed E-state index contributed by atoms with van der Waals surface area (Å²) in [5.41, 5.74) is 0. The van der Waals surface area contributed by atoms with Crippen LogP contribution in [0.25, 0.3) is 0 Å². The number of nitrogens with one attached hydrogen (secondary N) is 2. The Kier molecular flexibility index (Phi) is 3.97. The van der Waals surface area contributed by atoms with Crippen LogP contribution in [0.2, 0.25) is 0 Å². The second-order valence-electron chi connectivity index (χ2n) is 4.53. The van der Waals surface area contributed by atoms with Crippen LogP contribution in [0.4, 0.5) is 0 Å². The van der Waals surface area contributed by atoms with Crippen molar-refractivity contribution in [3.8, 4) is 0 Å². The molecule has 4 heteroatoms. The summed E-state index contributed by atoms with van der Waals surface area (Å²) < 4.78 is 5.28. The maximum Gasteiger partial charge on any atom is 0.220 e. The van der Waals surface area contributed by atoms with Crippen molar-refractivity contribution >= 4 is 5.91 Å². The molecule has 2 atom stereocenters. The van der Waals surface area contributed by atoms with Crippen molar-refractivity contribution in [2.45, 2.75) is 31.7 Å². The van der Waals surface area contributed by atoms with Crippen molar-refractivity contribution in [1.82, 2.24) is 10.6 Å². The molecule has 2 aliphatic rings. The van der Waals surface area contributed by atoms with Crippen molar-refractivity contribution in [2.24, 2.45) is 5.92 Å². The van der Waals surface area contributed by atoms with Gasteiger partial charge in [0.05, 0.1) is 0 Å². The Bertz CT molecular complexity index is 209. The van der Waals surface area contributed by atoms with Gasteiger partial charge in [0.1, 0.15) is 0 Å². The molecule has 0 spiro atoms. The molecule has 4 nitrogen and oxygen atoms in total. The Balaban J connectivity index is 1.59. The van der Waals surface area contributed by atoms with Crippen LogP contribution in [0.15, 0.2) is 0 Å². The summed E-state index contributed by atoms with van der Waals surface area (Å²) in [6, 6.07) is 0.359. The van der Waals surface area contributed by atoms with Gasteiger partial charge in [0, 0.05) is 32.2 Å². The van der Waals surface area contributed by atoms with E-state index in [4.69, 9.17) is 4.74 Å². The summed E-state index contributed by atoms with van der Waals surface area (Å²) in [4.78, 5) is 11.6. The summed E-state index contributed by atoms with van der Waals surface area (Å²) in [6.45, 7) is 3.68. The molecule has 2 rings (SSSR count). The standard InChI is InChI=1S/C11H20N2O2/c14-11(13-10-3-5-12-7-10)2-1-9-4-6-15-8-9/h9-10,12H,1-8H2,(H,13,14). The Morgan fingerprint density at radius 1 is 1.47 bits per heavy atom. The van der Waals surface area contributed by atoms with Crippen molar-refractivity contribution in [3.63, 3.8) is 0 Å². The van der Waals surface area contributed by atoms with Crippen LogP contribution in [0.3, 0.4) is 0 Å². The Hall–Kier alpha value is -0.610. The second-order valence-corrected chi connectivity index (χ2v) is 4.53. The molecule has 2 aliphatic heterocycles. The first-order valence-corrected chi connectivity index (χ1v) is 5.92. The molecule has 2 N–H and O–H groups in total. The first kappa shape index (κ1) is 10.9. The number of ether oxygens (including phenoxy) is 1. The molecule has 0 aromatic carbocycles.